The van der Waals surface area contributed by atoms with Crippen LogP contribution in [-0.2, 0) is 9.59 Å². The lowest BCUT2D eigenvalue weighted by molar-refractivity contribution is -0.137. The molecule has 0 unspecified atom stereocenters. The lowest BCUT2D eigenvalue weighted by Crippen LogP contribution is -2.53. The highest BCUT2D eigenvalue weighted by molar-refractivity contribution is 6.12. The molecule has 2 rings (SSSR count). The fourth-order valence-corrected chi connectivity index (χ4v) is 2.33. The average molecular weight is 280 g/mol. The van der Waals surface area contributed by atoms with Gasteiger partial charge in [0.05, 0.1) is 0 Å². The van der Waals surface area contributed by atoms with Crippen molar-refractivity contribution in [3.05, 3.63) is 12.2 Å². The van der Waals surface area contributed by atoms with Crippen LogP contribution in [0.15, 0.2) is 12.2 Å². The second kappa shape index (κ2) is 6.51. The van der Waals surface area contributed by atoms with E-state index in [2.05, 4.69) is 10.2 Å². The zero-order valence-corrected chi connectivity index (χ0v) is 11.7. The van der Waals surface area contributed by atoms with E-state index in [0.717, 1.165) is 13.1 Å². The normalized spacial score (nSPS) is 19.9. The molecule has 7 heteroatoms. The Bertz CT molecular complexity index is 409. The van der Waals surface area contributed by atoms with Crippen molar-refractivity contribution in [3.63, 3.8) is 0 Å². The predicted molar refractivity (Wildman–Crippen MR) is 72.9 cm³/mol. The van der Waals surface area contributed by atoms with Crippen molar-refractivity contribution in [2.45, 2.75) is 6.92 Å². The Balaban J connectivity index is 1.71. The number of urea groups is 1. The number of amides is 4. The van der Waals surface area contributed by atoms with Crippen molar-refractivity contribution in [2.75, 3.05) is 45.8 Å². The fraction of sp³-hybridized carbons (Fsp3) is 0.615. The maximum absolute atomic E-state index is 11.6. The Morgan fingerprint density at radius 3 is 2.25 bits per heavy atom. The first kappa shape index (κ1) is 14.5. The summed E-state index contributed by atoms with van der Waals surface area (Å²) in [6.45, 7) is 6.46. The quantitative estimate of drug-likeness (QED) is 0.688. The van der Waals surface area contributed by atoms with E-state index in [-0.39, 0.29) is 17.8 Å². The molecule has 7 nitrogen and oxygen atoms in total. The van der Waals surface area contributed by atoms with Gasteiger partial charge in [-0.15, -0.1) is 0 Å². The van der Waals surface area contributed by atoms with Crippen molar-refractivity contribution < 1.29 is 14.4 Å². The molecule has 0 aromatic heterocycles. The zero-order valence-electron chi connectivity index (χ0n) is 11.7. The maximum atomic E-state index is 11.6. The molecular formula is C13H20N4O3. The Hall–Kier alpha value is -1.89. The first-order valence-electron chi connectivity index (χ1n) is 6.90. The van der Waals surface area contributed by atoms with Gasteiger partial charge in [-0.05, 0) is 6.92 Å². The zero-order chi connectivity index (χ0) is 14.5. The van der Waals surface area contributed by atoms with Gasteiger partial charge < -0.3 is 10.2 Å². The Morgan fingerprint density at radius 2 is 1.70 bits per heavy atom. The third-order valence-corrected chi connectivity index (χ3v) is 3.53. The van der Waals surface area contributed by atoms with E-state index in [1.807, 2.05) is 6.92 Å². The summed E-state index contributed by atoms with van der Waals surface area (Å²) >= 11 is 0. The topological polar surface area (TPSA) is 73.0 Å². The van der Waals surface area contributed by atoms with Gasteiger partial charge in [0, 0.05) is 58.0 Å². The molecule has 0 spiro atoms. The highest BCUT2D eigenvalue weighted by atomic mass is 16.2. The van der Waals surface area contributed by atoms with Crippen LogP contribution in [0.5, 0.6) is 0 Å². The molecule has 0 saturated carbocycles. The van der Waals surface area contributed by atoms with E-state index in [9.17, 15) is 14.4 Å². The molecule has 0 bridgehead atoms. The molecule has 20 heavy (non-hydrogen) atoms. The van der Waals surface area contributed by atoms with E-state index in [1.165, 1.54) is 17.1 Å². The van der Waals surface area contributed by atoms with Crippen molar-refractivity contribution in [1.29, 1.82) is 0 Å². The molecule has 0 atom stereocenters. The summed E-state index contributed by atoms with van der Waals surface area (Å²) in [7, 11) is 0. The molecule has 1 fully saturated rings. The lowest BCUT2D eigenvalue weighted by Gasteiger charge is -2.35. The van der Waals surface area contributed by atoms with Gasteiger partial charge in [0.15, 0.2) is 0 Å². The second-order valence-electron chi connectivity index (χ2n) is 4.83. The van der Waals surface area contributed by atoms with Crippen molar-refractivity contribution in [3.8, 4) is 0 Å². The largest absolute Gasteiger partial charge is 0.338 e. The summed E-state index contributed by atoms with van der Waals surface area (Å²) in [5, 5.41) is 2.78. The molecule has 0 aromatic rings. The average Bonchev–Trinajstić information content (AvgIpc) is 2.77. The number of nitrogens with zero attached hydrogens (tertiary/aromatic N) is 3. The molecule has 1 saturated heterocycles. The van der Waals surface area contributed by atoms with Crippen LogP contribution < -0.4 is 5.32 Å². The lowest BCUT2D eigenvalue weighted by atomic mass is 10.3. The molecule has 2 aliphatic heterocycles. The molecule has 0 aromatic carbocycles. The summed E-state index contributed by atoms with van der Waals surface area (Å²) in [5.41, 5.74) is 0. The van der Waals surface area contributed by atoms with Crippen molar-refractivity contribution >= 4 is 17.8 Å². The Kier molecular flexibility index (Phi) is 4.73. The third kappa shape index (κ3) is 3.36. The number of piperazine rings is 1. The number of hydrogen-bond donors (Lipinski definition) is 1. The van der Waals surface area contributed by atoms with E-state index >= 15 is 0 Å². The van der Waals surface area contributed by atoms with Crippen LogP contribution in [-0.4, -0.2) is 78.4 Å². The predicted octanol–water partition coefficient (Wildman–Crippen LogP) is -0.741. The summed E-state index contributed by atoms with van der Waals surface area (Å²) in [6, 6.07) is -0.0266. The minimum atomic E-state index is -0.240. The molecular weight excluding hydrogens is 260 g/mol. The van der Waals surface area contributed by atoms with E-state index in [1.54, 1.807) is 4.90 Å². The van der Waals surface area contributed by atoms with E-state index in [0.29, 0.717) is 32.7 Å². The van der Waals surface area contributed by atoms with Crippen LogP contribution >= 0.6 is 0 Å². The summed E-state index contributed by atoms with van der Waals surface area (Å²) in [4.78, 5) is 39.7. The number of imide groups is 1. The first-order valence-corrected chi connectivity index (χ1v) is 6.90. The standard InChI is InChI=1S/C13H20N4O3/c1-2-14-13(20)16-8-5-15(6-9-16)7-10-17-11(18)3-4-12(17)19/h3-4H,2,5-10H2,1H3,(H,14,20). The van der Waals surface area contributed by atoms with Gasteiger partial charge in [-0.25, -0.2) is 4.79 Å². The molecule has 4 amide bonds. The second-order valence-corrected chi connectivity index (χ2v) is 4.83. The molecule has 0 aliphatic carbocycles. The van der Waals surface area contributed by atoms with Gasteiger partial charge in [-0.2, -0.15) is 0 Å². The molecule has 0 radical (unpaired) electrons. The molecule has 1 N–H and O–H groups in total. The summed E-state index contributed by atoms with van der Waals surface area (Å²) in [5.74, 6) is -0.480. The summed E-state index contributed by atoms with van der Waals surface area (Å²) in [6.07, 6.45) is 2.60. The third-order valence-electron chi connectivity index (χ3n) is 3.53. The van der Waals surface area contributed by atoms with Crippen LogP contribution in [0.25, 0.3) is 0 Å². The minimum absolute atomic E-state index is 0.0266. The van der Waals surface area contributed by atoms with Gasteiger partial charge in [0.2, 0.25) is 0 Å². The van der Waals surface area contributed by atoms with Gasteiger partial charge in [-0.1, -0.05) is 0 Å². The molecule has 110 valence electrons. The van der Waals surface area contributed by atoms with Crippen molar-refractivity contribution in [1.82, 2.24) is 20.0 Å². The monoisotopic (exact) mass is 280 g/mol. The molecule has 2 aliphatic rings. The van der Waals surface area contributed by atoms with Crippen LogP contribution in [0, 0.1) is 0 Å². The Morgan fingerprint density at radius 1 is 1.10 bits per heavy atom. The highest BCUT2D eigenvalue weighted by Crippen LogP contribution is 2.06. The van der Waals surface area contributed by atoms with E-state index < -0.39 is 0 Å². The SMILES string of the molecule is CCNC(=O)N1CCN(CCN2C(=O)C=CC2=O)CC1. The highest BCUT2D eigenvalue weighted by Gasteiger charge is 2.25. The number of rotatable bonds is 4. The van der Waals surface area contributed by atoms with Crippen LogP contribution in [0.3, 0.4) is 0 Å². The van der Waals surface area contributed by atoms with Crippen LogP contribution in [0.4, 0.5) is 4.79 Å². The van der Waals surface area contributed by atoms with Gasteiger partial charge in [-0.3, -0.25) is 19.4 Å². The number of carbonyl (C=O) groups is 3. The molecule has 2 heterocycles. The number of hydrogen-bond acceptors (Lipinski definition) is 4. The van der Waals surface area contributed by atoms with Gasteiger partial charge >= 0.3 is 6.03 Å². The maximum Gasteiger partial charge on any atom is 0.317 e. The minimum Gasteiger partial charge on any atom is -0.338 e. The van der Waals surface area contributed by atoms with Crippen molar-refractivity contribution in [2.24, 2.45) is 0 Å². The number of nitrogens with one attached hydrogen (secondary N) is 1. The van der Waals surface area contributed by atoms with Gasteiger partial charge in [0.25, 0.3) is 11.8 Å². The Labute approximate surface area is 118 Å². The smallest absolute Gasteiger partial charge is 0.317 e. The summed E-state index contributed by atoms with van der Waals surface area (Å²) < 4.78 is 0. The number of carbonyl (C=O) groups excluding carboxylic acids is 3. The van der Waals surface area contributed by atoms with E-state index in [4.69, 9.17) is 0 Å². The van der Waals surface area contributed by atoms with Crippen LogP contribution in [0.2, 0.25) is 0 Å². The first-order chi connectivity index (χ1) is 9.61. The van der Waals surface area contributed by atoms with Crippen LogP contribution in [0.1, 0.15) is 6.92 Å². The fourth-order valence-electron chi connectivity index (χ4n) is 2.33. The van der Waals surface area contributed by atoms with Gasteiger partial charge in [0.1, 0.15) is 0 Å².